The fourth-order valence-electron chi connectivity index (χ4n) is 1.58. The van der Waals surface area contributed by atoms with E-state index in [-0.39, 0.29) is 6.42 Å². The standard InChI is InChI=1S/C11H12F2N2/c12-11(13,7-14)6-8-1-2-10-9(5-8)3-4-15-10/h1-5,15H,6-7,14H2. The molecule has 0 aliphatic carbocycles. The Morgan fingerprint density at radius 2 is 2.07 bits per heavy atom. The number of halogens is 2. The van der Waals surface area contributed by atoms with Crippen molar-refractivity contribution in [2.45, 2.75) is 12.3 Å². The highest BCUT2D eigenvalue weighted by Crippen LogP contribution is 2.21. The molecule has 0 atom stereocenters. The normalized spacial score (nSPS) is 12.2. The van der Waals surface area contributed by atoms with Gasteiger partial charge in [0, 0.05) is 18.1 Å². The van der Waals surface area contributed by atoms with Crippen LogP contribution in [0.5, 0.6) is 0 Å². The van der Waals surface area contributed by atoms with Crippen LogP contribution in [-0.4, -0.2) is 17.5 Å². The second-order valence-corrected chi connectivity index (χ2v) is 3.64. The summed E-state index contributed by atoms with van der Waals surface area (Å²) < 4.78 is 26.1. The van der Waals surface area contributed by atoms with Crippen molar-refractivity contribution in [1.82, 2.24) is 4.98 Å². The van der Waals surface area contributed by atoms with Crippen molar-refractivity contribution < 1.29 is 8.78 Å². The molecule has 0 aliphatic heterocycles. The first-order valence-electron chi connectivity index (χ1n) is 4.75. The van der Waals surface area contributed by atoms with E-state index < -0.39 is 12.5 Å². The minimum Gasteiger partial charge on any atom is -0.361 e. The Bertz CT molecular complexity index is 462. The average molecular weight is 210 g/mol. The van der Waals surface area contributed by atoms with Gasteiger partial charge in [-0.05, 0) is 29.1 Å². The largest absolute Gasteiger partial charge is 0.361 e. The predicted octanol–water partition coefficient (Wildman–Crippen LogP) is 2.30. The molecule has 0 saturated heterocycles. The second kappa shape index (κ2) is 3.62. The fraction of sp³-hybridized carbons (Fsp3) is 0.273. The van der Waals surface area contributed by atoms with Crippen LogP contribution in [0.3, 0.4) is 0 Å². The number of nitrogens with one attached hydrogen (secondary N) is 1. The Balaban J connectivity index is 2.28. The highest BCUT2D eigenvalue weighted by molar-refractivity contribution is 5.79. The maximum atomic E-state index is 13.0. The van der Waals surface area contributed by atoms with E-state index in [1.807, 2.05) is 6.07 Å². The summed E-state index contributed by atoms with van der Waals surface area (Å²) in [6.07, 6.45) is 1.49. The summed E-state index contributed by atoms with van der Waals surface area (Å²) in [4.78, 5) is 3.01. The third-order valence-corrected chi connectivity index (χ3v) is 2.38. The number of aromatic nitrogens is 1. The van der Waals surface area contributed by atoms with Crippen LogP contribution >= 0.6 is 0 Å². The van der Waals surface area contributed by atoms with Crippen LogP contribution < -0.4 is 5.73 Å². The molecule has 0 unspecified atom stereocenters. The fourth-order valence-corrected chi connectivity index (χ4v) is 1.58. The first-order chi connectivity index (χ1) is 7.11. The molecule has 2 nitrogen and oxygen atoms in total. The van der Waals surface area contributed by atoms with Gasteiger partial charge in [0.15, 0.2) is 0 Å². The van der Waals surface area contributed by atoms with Gasteiger partial charge in [0.05, 0.1) is 6.54 Å². The molecule has 1 aromatic heterocycles. The van der Waals surface area contributed by atoms with E-state index in [9.17, 15) is 8.78 Å². The first-order valence-corrected chi connectivity index (χ1v) is 4.75. The van der Waals surface area contributed by atoms with Crippen LogP contribution in [-0.2, 0) is 6.42 Å². The summed E-state index contributed by atoms with van der Waals surface area (Å²) >= 11 is 0. The number of alkyl halides is 2. The lowest BCUT2D eigenvalue weighted by molar-refractivity contribution is 0.0115. The monoisotopic (exact) mass is 210 g/mol. The van der Waals surface area contributed by atoms with Crippen molar-refractivity contribution in [3.63, 3.8) is 0 Å². The summed E-state index contributed by atoms with van der Waals surface area (Å²) in [7, 11) is 0. The second-order valence-electron chi connectivity index (χ2n) is 3.64. The molecule has 2 rings (SSSR count). The molecule has 0 radical (unpaired) electrons. The van der Waals surface area contributed by atoms with Crippen LogP contribution in [0.25, 0.3) is 10.9 Å². The van der Waals surface area contributed by atoms with Gasteiger partial charge in [-0.15, -0.1) is 0 Å². The smallest absolute Gasteiger partial charge is 0.264 e. The molecule has 3 N–H and O–H groups in total. The summed E-state index contributed by atoms with van der Waals surface area (Å²) in [5.74, 6) is -2.82. The molecule has 2 aromatic rings. The van der Waals surface area contributed by atoms with Gasteiger partial charge in [-0.2, -0.15) is 0 Å². The van der Waals surface area contributed by atoms with E-state index in [4.69, 9.17) is 5.73 Å². The van der Waals surface area contributed by atoms with Crippen molar-refractivity contribution in [3.05, 3.63) is 36.0 Å². The molecule has 15 heavy (non-hydrogen) atoms. The highest BCUT2D eigenvalue weighted by Gasteiger charge is 2.26. The molecule has 0 aliphatic rings. The molecule has 0 bridgehead atoms. The minimum absolute atomic E-state index is 0.301. The third-order valence-electron chi connectivity index (χ3n) is 2.38. The molecule has 4 heteroatoms. The zero-order chi connectivity index (χ0) is 10.9. The summed E-state index contributed by atoms with van der Waals surface area (Å²) in [5, 5.41) is 0.945. The van der Waals surface area contributed by atoms with E-state index in [2.05, 4.69) is 4.98 Å². The summed E-state index contributed by atoms with van der Waals surface area (Å²) in [6, 6.07) is 7.12. The Hall–Kier alpha value is -1.42. The van der Waals surface area contributed by atoms with Crippen LogP contribution in [0.2, 0.25) is 0 Å². The minimum atomic E-state index is -2.82. The van der Waals surface area contributed by atoms with Gasteiger partial charge in [-0.25, -0.2) is 8.78 Å². The Kier molecular flexibility index (Phi) is 2.44. The summed E-state index contributed by atoms with van der Waals surface area (Å²) in [5.41, 5.74) is 6.55. The van der Waals surface area contributed by atoms with E-state index in [1.165, 1.54) is 0 Å². The number of aromatic amines is 1. The van der Waals surface area contributed by atoms with Crippen LogP contribution in [0.4, 0.5) is 8.78 Å². The van der Waals surface area contributed by atoms with Gasteiger partial charge in [0.1, 0.15) is 0 Å². The number of benzene rings is 1. The molecule has 0 amide bonds. The lowest BCUT2D eigenvalue weighted by Crippen LogP contribution is -2.30. The average Bonchev–Trinajstić information content (AvgIpc) is 2.64. The Morgan fingerprint density at radius 1 is 1.27 bits per heavy atom. The molecule has 1 heterocycles. The number of hydrogen-bond acceptors (Lipinski definition) is 1. The van der Waals surface area contributed by atoms with Gasteiger partial charge in [-0.3, -0.25) is 0 Å². The first kappa shape index (κ1) is 10.1. The predicted molar refractivity (Wildman–Crippen MR) is 56.0 cm³/mol. The molecule has 0 spiro atoms. The molecule has 1 aromatic carbocycles. The molecule has 80 valence electrons. The van der Waals surface area contributed by atoms with Gasteiger partial charge in [0.25, 0.3) is 5.92 Å². The van der Waals surface area contributed by atoms with Crippen LogP contribution in [0, 0.1) is 0 Å². The van der Waals surface area contributed by atoms with E-state index in [0.29, 0.717) is 5.56 Å². The van der Waals surface area contributed by atoms with Crippen molar-refractivity contribution in [3.8, 4) is 0 Å². The van der Waals surface area contributed by atoms with Crippen LogP contribution in [0.15, 0.2) is 30.5 Å². The van der Waals surface area contributed by atoms with Gasteiger partial charge >= 0.3 is 0 Å². The lowest BCUT2D eigenvalue weighted by Gasteiger charge is -2.13. The lowest BCUT2D eigenvalue weighted by atomic mass is 10.1. The number of nitrogens with two attached hydrogens (primary N) is 1. The van der Waals surface area contributed by atoms with Crippen molar-refractivity contribution in [2.24, 2.45) is 5.73 Å². The third kappa shape index (κ3) is 2.15. The highest BCUT2D eigenvalue weighted by atomic mass is 19.3. The van der Waals surface area contributed by atoms with E-state index in [1.54, 1.807) is 24.4 Å². The van der Waals surface area contributed by atoms with Gasteiger partial charge < -0.3 is 10.7 Å². The number of H-pyrrole nitrogens is 1. The SMILES string of the molecule is NCC(F)(F)Cc1ccc2[nH]ccc2c1. The topological polar surface area (TPSA) is 41.8 Å². The summed E-state index contributed by atoms with van der Waals surface area (Å²) in [6.45, 7) is -0.613. The maximum Gasteiger partial charge on any atom is 0.264 e. The van der Waals surface area contributed by atoms with E-state index >= 15 is 0 Å². The number of hydrogen-bond donors (Lipinski definition) is 2. The maximum absolute atomic E-state index is 13.0. The zero-order valence-electron chi connectivity index (χ0n) is 8.13. The molecule has 0 fully saturated rings. The number of rotatable bonds is 3. The molecule has 0 saturated carbocycles. The zero-order valence-corrected chi connectivity index (χ0v) is 8.13. The Morgan fingerprint density at radius 3 is 2.80 bits per heavy atom. The van der Waals surface area contributed by atoms with Crippen LogP contribution in [0.1, 0.15) is 5.56 Å². The van der Waals surface area contributed by atoms with Gasteiger partial charge in [-0.1, -0.05) is 6.07 Å². The Labute approximate surface area is 86.1 Å². The molecular formula is C11H12F2N2. The molecular weight excluding hydrogens is 198 g/mol. The van der Waals surface area contributed by atoms with Crippen molar-refractivity contribution >= 4 is 10.9 Å². The van der Waals surface area contributed by atoms with E-state index in [0.717, 1.165) is 10.9 Å². The number of fused-ring (bicyclic) bond motifs is 1. The quantitative estimate of drug-likeness (QED) is 0.802. The van der Waals surface area contributed by atoms with Gasteiger partial charge in [0.2, 0.25) is 0 Å². The van der Waals surface area contributed by atoms with Crippen molar-refractivity contribution in [2.75, 3.05) is 6.54 Å². The van der Waals surface area contributed by atoms with Crippen molar-refractivity contribution in [1.29, 1.82) is 0 Å².